The van der Waals surface area contributed by atoms with Gasteiger partial charge in [0.25, 0.3) is 0 Å². The van der Waals surface area contributed by atoms with E-state index in [1.807, 2.05) is 7.05 Å². The summed E-state index contributed by atoms with van der Waals surface area (Å²) in [5.41, 5.74) is 11.6. The Morgan fingerprint density at radius 2 is 2.05 bits per heavy atom. The molecule has 0 radical (unpaired) electrons. The van der Waals surface area contributed by atoms with Crippen LogP contribution in [0.5, 0.6) is 0 Å². The Kier molecular flexibility index (Phi) is 2.91. The molecule has 1 aromatic carbocycles. The van der Waals surface area contributed by atoms with Crippen LogP contribution in [0.1, 0.15) is 16.8 Å². The first-order chi connectivity index (χ1) is 9.06. The lowest BCUT2D eigenvalue weighted by molar-refractivity contribution is 0.816. The van der Waals surface area contributed by atoms with Crippen molar-refractivity contribution in [2.75, 3.05) is 6.54 Å². The molecule has 100 valence electrons. The normalized spacial score (nSPS) is 11.8. The summed E-state index contributed by atoms with van der Waals surface area (Å²) < 4.78 is 5.33. The maximum absolute atomic E-state index is 5.68. The highest BCUT2D eigenvalue weighted by Crippen LogP contribution is 2.29. The lowest BCUT2D eigenvalue weighted by atomic mass is 10.1. The zero-order chi connectivity index (χ0) is 13.7. The van der Waals surface area contributed by atoms with E-state index in [0.717, 1.165) is 27.8 Å². The highest BCUT2D eigenvalue weighted by Gasteiger charge is 2.18. The lowest BCUT2D eigenvalue weighted by Crippen LogP contribution is -2.07. The number of imidazole rings is 2. The van der Waals surface area contributed by atoms with Crippen LogP contribution in [-0.2, 0) is 13.5 Å². The number of hydrogen-bond donors (Lipinski definition) is 1. The van der Waals surface area contributed by atoms with Crippen LogP contribution in [0.3, 0.4) is 0 Å². The van der Waals surface area contributed by atoms with E-state index in [9.17, 15) is 0 Å². The molecule has 0 unspecified atom stereocenters. The third-order valence-corrected chi connectivity index (χ3v) is 4.67. The van der Waals surface area contributed by atoms with E-state index in [2.05, 4.69) is 50.9 Å². The monoisotopic (exact) mass is 320 g/mol. The number of aromatic nitrogens is 3. The third kappa shape index (κ3) is 1.65. The molecule has 3 rings (SSSR count). The molecule has 0 spiro atoms. The zero-order valence-corrected chi connectivity index (χ0v) is 13.0. The number of halogens is 1. The number of nitrogens with zero attached hydrogens (tertiary/aromatic N) is 3. The molecular formula is C14H17BrN4. The van der Waals surface area contributed by atoms with Gasteiger partial charge in [-0.05, 0) is 53.5 Å². The van der Waals surface area contributed by atoms with Crippen LogP contribution in [0, 0.1) is 13.8 Å². The van der Waals surface area contributed by atoms with Crippen molar-refractivity contribution < 1.29 is 0 Å². The molecule has 5 heteroatoms. The number of fused-ring (bicyclic) bond motifs is 3. The Labute approximate surface area is 120 Å². The van der Waals surface area contributed by atoms with Crippen LogP contribution in [0.25, 0.3) is 16.8 Å². The van der Waals surface area contributed by atoms with Gasteiger partial charge in [-0.3, -0.25) is 4.40 Å². The molecule has 2 aromatic heterocycles. The number of nitrogens with two attached hydrogens (primary N) is 1. The summed E-state index contributed by atoms with van der Waals surface area (Å²) in [5, 5.41) is 0. The molecule has 19 heavy (non-hydrogen) atoms. The summed E-state index contributed by atoms with van der Waals surface area (Å²) in [5.74, 6) is 0.957. The van der Waals surface area contributed by atoms with E-state index >= 15 is 0 Å². The van der Waals surface area contributed by atoms with Gasteiger partial charge in [-0.2, -0.15) is 0 Å². The summed E-state index contributed by atoms with van der Waals surface area (Å²) in [4.78, 5) is 4.79. The fourth-order valence-corrected chi connectivity index (χ4v) is 3.39. The Hall–Kier alpha value is -1.33. The average molecular weight is 321 g/mol. The predicted molar refractivity (Wildman–Crippen MR) is 81.6 cm³/mol. The minimum absolute atomic E-state index is 0.635. The number of aryl methyl sites for hydroxylation is 3. The molecule has 0 aliphatic rings. The Bertz CT molecular complexity index is 782. The van der Waals surface area contributed by atoms with E-state index in [-0.39, 0.29) is 0 Å². The van der Waals surface area contributed by atoms with E-state index in [1.165, 1.54) is 16.8 Å². The molecule has 4 nitrogen and oxygen atoms in total. The van der Waals surface area contributed by atoms with Gasteiger partial charge in [0.1, 0.15) is 4.60 Å². The van der Waals surface area contributed by atoms with Gasteiger partial charge in [0.2, 0.25) is 5.78 Å². The Morgan fingerprint density at radius 1 is 1.32 bits per heavy atom. The molecule has 3 aromatic rings. The van der Waals surface area contributed by atoms with Crippen LogP contribution in [0.15, 0.2) is 16.7 Å². The minimum atomic E-state index is 0.635. The van der Waals surface area contributed by atoms with Crippen LogP contribution in [-0.4, -0.2) is 20.5 Å². The molecule has 0 atom stereocenters. The highest BCUT2D eigenvalue weighted by atomic mass is 79.9. The molecular weight excluding hydrogens is 304 g/mol. The van der Waals surface area contributed by atoms with Gasteiger partial charge in [0.15, 0.2) is 0 Å². The van der Waals surface area contributed by atoms with Gasteiger partial charge >= 0.3 is 0 Å². The molecule has 0 fully saturated rings. The quantitative estimate of drug-likeness (QED) is 0.789. The first kappa shape index (κ1) is 12.7. The van der Waals surface area contributed by atoms with Crippen LogP contribution >= 0.6 is 15.9 Å². The second-order valence-electron chi connectivity index (χ2n) is 4.96. The largest absolute Gasteiger partial charge is 0.330 e. The van der Waals surface area contributed by atoms with Crippen molar-refractivity contribution >= 4 is 32.7 Å². The summed E-state index contributed by atoms with van der Waals surface area (Å²) in [6, 6.07) is 4.28. The maximum Gasteiger partial charge on any atom is 0.215 e. The van der Waals surface area contributed by atoms with Crippen molar-refractivity contribution in [1.29, 1.82) is 0 Å². The van der Waals surface area contributed by atoms with Crippen LogP contribution < -0.4 is 5.73 Å². The van der Waals surface area contributed by atoms with E-state index in [1.54, 1.807) is 0 Å². The lowest BCUT2D eigenvalue weighted by Gasteiger charge is -2.03. The molecule has 0 saturated heterocycles. The van der Waals surface area contributed by atoms with Gasteiger partial charge in [-0.1, -0.05) is 6.07 Å². The van der Waals surface area contributed by atoms with E-state index in [0.29, 0.717) is 6.54 Å². The summed E-state index contributed by atoms with van der Waals surface area (Å²) in [7, 11) is 2.04. The van der Waals surface area contributed by atoms with Gasteiger partial charge < -0.3 is 10.3 Å². The third-order valence-electron chi connectivity index (χ3n) is 3.85. The van der Waals surface area contributed by atoms with Gasteiger partial charge in [0.05, 0.1) is 16.7 Å². The summed E-state index contributed by atoms with van der Waals surface area (Å²) >= 11 is 3.69. The Morgan fingerprint density at radius 3 is 2.74 bits per heavy atom. The molecule has 0 aliphatic carbocycles. The van der Waals surface area contributed by atoms with Crippen molar-refractivity contribution in [3.8, 4) is 0 Å². The van der Waals surface area contributed by atoms with Gasteiger partial charge in [-0.15, -0.1) is 0 Å². The molecule has 0 saturated carbocycles. The maximum atomic E-state index is 5.68. The van der Waals surface area contributed by atoms with Crippen LogP contribution in [0.2, 0.25) is 0 Å². The Balaban J connectivity index is 2.45. The molecule has 2 N–H and O–H groups in total. The zero-order valence-electron chi connectivity index (χ0n) is 11.4. The highest BCUT2D eigenvalue weighted by molar-refractivity contribution is 9.10. The summed E-state index contributed by atoms with van der Waals surface area (Å²) in [6.07, 6.45) is 0.840. The van der Waals surface area contributed by atoms with Gasteiger partial charge in [-0.25, -0.2) is 4.98 Å². The first-order valence-electron chi connectivity index (χ1n) is 6.37. The molecule has 0 bridgehead atoms. The van der Waals surface area contributed by atoms with Crippen molar-refractivity contribution in [2.24, 2.45) is 12.8 Å². The SMILES string of the molecule is Cc1ccc2c(nc3n(C)c(CCN)c(Br)n23)c1C. The molecule has 2 heterocycles. The predicted octanol–water partition coefficient (Wildman–Crippen LogP) is 2.71. The fraction of sp³-hybridized carbons (Fsp3) is 0.357. The topological polar surface area (TPSA) is 48.2 Å². The van der Waals surface area contributed by atoms with Crippen molar-refractivity contribution in [1.82, 2.24) is 14.0 Å². The van der Waals surface area contributed by atoms with Crippen LogP contribution in [0.4, 0.5) is 0 Å². The standard InChI is InChI=1S/C14H17BrN4/c1-8-4-5-10-12(9(8)2)17-14-18(3)11(6-7-16)13(15)19(10)14/h4-5H,6-7,16H2,1-3H3. The van der Waals surface area contributed by atoms with Crippen molar-refractivity contribution in [3.05, 3.63) is 33.6 Å². The van der Waals surface area contributed by atoms with E-state index < -0.39 is 0 Å². The van der Waals surface area contributed by atoms with Gasteiger partial charge in [0, 0.05) is 13.5 Å². The van der Waals surface area contributed by atoms with Crippen molar-refractivity contribution in [2.45, 2.75) is 20.3 Å². The smallest absolute Gasteiger partial charge is 0.215 e. The summed E-state index contributed by atoms with van der Waals surface area (Å²) in [6.45, 7) is 4.88. The average Bonchev–Trinajstić information content (AvgIpc) is 2.87. The second kappa shape index (κ2) is 4.35. The fourth-order valence-electron chi connectivity index (χ4n) is 2.58. The number of rotatable bonds is 2. The second-order valence-corrected chi connectivity index (χ2v) is 5.71. The minimum Gasteiger partial charge on any atom is -0.330 e. The van der Waals surface area contributed by atoms with Crippen molar-refractivity contribution in [3.63, 3.8) is 0 Å². The van der Waals surface area contributed by atoms with E-state index in [4.69, 9.17) is 10.7 Å². The first-order valence-corrected chi connectivity index (χ1v) is 7.17. The number of benzene rings is 1. The number of hydrogen-bond acceptors (Lipinski definition) is 2. The molecule has 0 aliphatic heterocycles. The molecule has 0 amide bonds.